The third-order valence-corrected chi connectivity index (χ3v) is 4.27. The quantitative estimate of drug-likeness (QED) is 0.271. The van der Waals surface area contributed by atoms with Crippen LogP contribution in [0.5, 0.6) is 5.75 Å². The summed E-state index contributed by atoms with van der Waals surface area (Å²) in [5, 5.41) is 7.95. The van der Waals surface area contributed by atoms with Crippen LogP contribution in [0.2, 0.25) is 0 Å². The van der Waals surface area contributed by atoms with E-state index in [9.17, 15) is 0 Å². The Morgan fingerprint density at radius 1 is 0.967 bits per heavy atom. The first kappa shape index (κ1) is 19.2. The molecule has 0 spiro atoms. The first-order valence-electron chi connectivity index (χ1n) is 9.36. The van der Waals surface area contributed by atoms with Crippen molar-refractivity contribution in [2.45, 2.75) is 13.2 Å². The predicted molar refractivity (Wildman–Crippen MR) is 112 cm³/mol. The Morgan fingerprint density at radius 3 is 2.57 bits per heavy atom. The number of nitrogens with two attached hydrogens (primary N) is 1. The Balaban J connectivity index is 1.30. The molecule has 0 saturated carbocycles. The van der Waals surface area contributed by atoms with Crippen molar-refractivity contribution in [2.24, 2.45) is 10.9 Å². The molecule has 0 fully saturated rings. The molecule has 7 nitrogen and oxygen atoms in total. The zero-order valence-electron chi connectivity index (χ0n) is 16.1. The second-order valence-electron chi connectivity index (χ2n) is 6.47. The van der Waals surface area contributed by atoms with E-state index in [1.807, 2.05) is 72.8 Å². The highest BCUT2D eigenvalue weighted by atomic mass is 16.6. The molecule has 4 rings (SSSR count). The Morgan fingerprint density at radius 2 is 1.80 bits per heavy atom. The Hall–Kier alpha value is -4.13. The van der Waals surface area contributed by atoms with Crippen LogP contribution in [0.1, 0.15) is 16.8 Å². The van der Waals surface area contributed by atoms with E-state index in [0.717, 1.165) is 22.4 Å². The summed E-state index contributed by atoms with van der Waals surface area (Å²) < 4.78 is 11.1. The number of aromatic nitrogens is 2. The van der Waals surface area contributed by atoms with E-state index >= 15 is 0 Å². The summed E-state index contributed by atoms with van der Waals surface area (Å²) in [6, 6.07) is 22.7. The second kappa shape index (κ2) is 9.38. The molecule has 0 aliphatic heterocycles. The highest BCUT2D eigenvalue weighted by Crippen LogP contribution is 2.20. The summed E-state index contributed by atoms with van der Waals surface area (Å²) in [5.41, 5.74) is 9.31. The normalized spacial score (nSPS) is 11.3. The fourth-order valence-corrected chi connectivity index (χ4v) is 2.71. The Kier molecular flexibility index (Phi) is 6.00. The standard InChI is InChI=1S/C23H20N4O3/c24-23(19-8-10-21(11-9-19)28-15-17-5-4-12-25-14-17)27-29-16-20-13-22(30-26-20)18-6-2-1-3-7-18/h1-14H,15-16H2,(H2,24,27). The molecule has 0 atom stereocenters. The number of pyridine rings is 1. The van der Waals surface area contributed by atoms with Gasteiger partial charge in [0, 0.05) is 35.2 Å². The maximum Gasteiger partial charge on any atom is 0.170 e. The van der Waals surface area contributed by atoms with Crippen LogP contribution >= 0.6 is 0 Å². The molecule has 2 heterocycles. The van der Waals surface area contributed by atoms with E-state index in [0.29, 0.717) is 18.1 Å². The van der Waals surface area contributed by atoms with E-state index in [-0.39, 0.29) is 12.4 Å². The molecule has 4 aromatic rings. The second-order valence-corrected chi connectivity index (χ2v) is 6.47. The largest absolute Gasteiger partial charge is 0.489 e. The van der Waals surface area contributed by atoms with E-state index in [1.54, 1.807) is 12.4 Å². The smallest absolute Gasteiger partial charge is 0.170 e. The van der Waals surface area contributed by atoms with Crippen LogP contribution in [0.25, 0.3) is 11.3 Å². The third-order valence-electron chi connectivity index (χ3n) is 4.27. The molecule has 0 aliphatic rings. The van der Waals surface area contributed by atoms with Crippen LogP contribution in [0, 0.1) is 0 Å². The monoisotopic (exact) mass is 400 g/mol. The van der Waals surface area contributed by atoms with Gasteiger partial charge in [0.25, 0.3) is 0 Å². The lowest BCUT2D eigenvalue weighted by Crippen LogP contribution is -2.13. The molecule has 0 unspecified atom stereocenters. The van der Waals surface area contributed by atoms with Crippen molar-refractivity contribution < 1.29 is 14.1 Å². The van der Waals surface area contributed by atoms with Crippen LogP contribution in [-0.4, -0.2) is 16.0 Å². The molecule has 0 radical (unpaired) electrons. The van der Waals surface area contributed by atoms with Crippen LogP contribution in [-0.2, 0) is 18.1 Å². The summed E-state index contributed by atoms with van der Waals surface area (Å²) in [7, 11) is 0. The average molecular weight is 400 g/mol. The van der Waals surface area contributed by atoms with Crippen molar-refractivity contribution in [3.63, 3.8) is 0 Å². The fourth-order valence-electron chi connectivity index (χ4n) is 2.71. The van der Waals surface area contributed by atoms with Gasteiger partial charge in [0.2, 0.25) is 0 Å². The van der Waals surface area contributed by atoms with Gasteiger partial charge in [0.1, 0.15) is 18.1 Å². The van der Waals surface area contributed by atoms with Gasteiger partial charge in [-0.05, 0) is 30.3 Å². The molecule has 2 N–H and O–H groups in total. The fraction of sp³-hybridized carbons (Fsp3) is 0.0870. The van der Waals surface area contributed by atoms with Gasteiger partial charge >= 0.3 is 0 Å². The van der Waals surface area contributed by atoms with E-state index in [4.69, 9.17) is 19.8 Å². The SMILES string of the molecule is NC(=NOCc1cc(-c2ccccc2)on1)c1ccc(OCc2cccnc2)cc1. The van der Waals surface area contributed by atoms with Crippen molar-refractivity contribution in [2.75, 3.05) is 0 Å². The molecule has 0 saturated heterocycles. The van der Waals surface area contributed by atoms with Crippen LogP contribution < -0.4 is 10.5 Å². The van der Waals surface area contributed by atoms with Gasteiger partial charge in [-0.25, -0.2) is 0 Å². The number of oxime groups is 1. The van der Waals surface area contributed by atoms with Crippen molar-refractivity contribution in [1.82, 2.24) is 10.1 Å². The summed E-state index contributed by atoms with van der Waals surface area (Å²) in [6.07, 6.45) is 3.50. The molecule has 0 bridgehead atoms. The van der Waals surface area contributed by atoms with Gasteiger partial charge in [-0.3, -0.25) is 4.98 Å². The minimum Gasteiger partial charge on any atom is -0.489 e. The zero-order chi connectivity index (χ0) is 20.6. The minimum absolute atomic E-state index is 0.156. The molecule has 0 amide bonds. The maximum absolute atomic E-state index is 6.00. The van der Waals surface area contributed by atoms with Gasteiger partial charge < -0.3 is 19.8 Å². The number of benzene rings is 2. The molecule has 0 aliphatic carbocycles. The van der Waals surface area contributed by atoms with E-state index < -0.39 is 0 Å². The van der Waals surface area contributed by atoms with Crippen LogP contribution in [0.3, 0.4) is 0 Å². The van der Waals surface area contributed by atoms with Crippen LogP contribution in [0.4, 0.5) is 0 Å². The summed E-state index contributed by atoms with van der Waals surface area (Å²) in [4.78, 5) is 9.39. The van der Waals surface area contributed by atoms with Gasteiger partial charge in [-0.2, -0.15) is 0 Å². The number of hydrogen-bond donors (Lipinski definition) is 1. The number of rotatable bonds is 8. The molecular formula is C23H20N4O3. The summed E-state index contributed by atoms with van der Waals surface area (Å²) in [6.45, 7) is 0.603. The number of amidine groups is 1. The summed E-state index contributed by atoms with van der Waals surface area (Å²) >= 11 is 0. The molecule has 150 valence electrons. The van der Waals surface area contributed by atoms with Gasteiger partial charge in [-0.15, -0.1) is 0 Å². The third kappa shape index (κ3) is 5.02. The number of ether oxygens (including phenoxy) is 1. The minimum atomic E-state index is 0.156. The highest BCUT2D eigenvalue weighted by Gasteiger charge is 2.07. The lowest BCUT2D eigenvalue weighted by atomic mass is 10.2. The van der Waals surface area contributed by atoms with Crippen molar-refractivity contribution in [1.29, 1.82) is 0 Å². The van der Waals surface area contributed by atoms with E-state index in [2.05, 4.69) is 15.3 Å². The molecular weight excluding hydrogens is 380 g/mol. The molecule has 2 aromatic heterocycles. The Labute approximate surface area is 173 Å². The maximum atomic E-state index is 6.00. The van der Waals surface area contributed by atoms with Gasteiger partial charge in [-0.1, -0.05) is 46.7 Å². The zero-order valence-corrected chi connectivity index (χ0v) is 16.1. The van der Waals surface area contributed by atoms with Crippen molar-refractivity contribution in [3.8, 4) is 17.1 Å². The number of nitrogens with zero attached hydrogens (tertiary/aromatic N) is 3. The molecule has 30 heavy (non-hydrogen) atoms. The predicted octanol–water partition coefficient (Wildman–Crippen LogP) is 4.15. The van der Waals surface area contributed by atoms with Crippen molar-refractivity contribution >= 4 is 5.84 Å². The average Bonchev–Trinajstić information content (AvgIpc) is 3.28. The highest BCUT2D eigenvalue weighted by molar-refractivity contribution is 5.97. The molecule has 2 aromatic carbocycles. The number of hydrogen-bond acceptors (Lipinski definition) is 6. The van der Waals surface area contributed by atoms with Crippen LogP contribution in [0.15, 0.2) is 94.9 Å². The van der Waals surface area contributed by atoms with E-state index in [1.165, 1.54) is 0 Å². The topological polar surface area (TPSA) is 95.8 Å². The lowest BCUT2D eigenvalue weighted by Gasteiger charge is -2.07. The summed E-state index contributed by atoms with van der Waals surface area (Å²) in [5.74, 6) is 1.67. The lowest BCUT2D eigenvalue weighted by molar-refractivity contribution is 0.125. The van der Waals surface area contributed by atoms with Gasteiger partial charge in [0.15, 0.2) is 18.2 Å². The Bertz CT molecular complexity index is 1090. The first-order chi connectivity index (χ1) is 14.8. The first-order valence-corrected chi connectivity index (χ1v) is 9.36. The molecule has 7 heteroatoms. The van der Waals surface area contributed by atoms with Crippen molar-refractivity contribution in [3.05, 3.63) is 102 Å². The van der Waals surface area contributed by atoms with Gasteiger partial charge in [0.05, 0.1) is 0 Å².